The van der Waals surface area contributed by atoms with E-state index in [1.165, 1.54) is 0 Å². The van der Waals surface area contributed by atoms with Crippen LogP contribution < -0.4 is 4.74 Å². The van der Waals surface area contributed by atoms with Gasteiger partial charge in [-0.1, -0.05) is 30.3 Å². The van der Waals surface area contributed by atoms with E-state index in [0.717, 1.165) is 5.56 Å². The molecule has 4 nitrogen and oxygen atoms in total. The van der Waals surface area contributed by atoms with Crippen molar-refractivity contribution < 1.29 is 27.9 Å². The van der Waals surface area contributed by atoms with Gasteiger partial charge >= 0.3 is 13.3 Å². The average Bonchev–Trinajstić information content (AvgIpc) is 2.92. The molecule has 0 aliphatic heterocycles. The maximum Gasteiger partial charge on any atom is 0.400 e. The molecule has 0 spiro atoms. The van der Waals surface area contributed by atoms with E-state index in [-0.39, 0.29) is 4.47 Å². The minimum atomic E-state index is -5.62. The van der Waals surface area contributed by atoms with Crippen molar-refractivity contribution in [1.29, 1.82) is 0 Å². The van der Waals surface area contributed by atoms with Crippen molar-refractivity contribution in [2.45, 2.75) is 12.1 Å². The first-order chi connectivity index (χ1) is 12.2. The van der Waals surface area contributed by atoms with Gasteiger partial charge in [0.1, 0.15) is 10.6 Å². The number of alkyl halides is 2. The van der Waals surface area contributed by atoms with Crippen LogP contribution >= 0.6 is 34.9 Å². The normalized spacial score (nSPS) is 12.5. The van der Waals surface area contributed by atoms with Crippen LogP contribution in [0, 0.1) is 0 Å². The van der Waals surface area contributed by atoms with Crippen LogP contribution in [0.1, 0.15) is 10.4 Å². The zero-order chi connectivity index (χ0) is 18.9. The number of ether oxygens (including phenoxy) is 1. The minimum Gasteiger partial charge on any atom is -0.493 e. The lowest BCUT2D eigenvalue weighted by molar-refractivity contribution is 0.0595. The van der Waals surface area contributed by atoms with Gasteiger partial charge in [0.15, 0.2) is 0 Å². The quantitative estimate of drug-likeness (QED) is 0.473. The van der Waals surface area contributed by atoms with Crippen LogP contribution in [0.2, 0.25) is 0 Å². The molecule has 0 saturated heterocycles. The highest BCUT2D eigenvalue weighted by Gasteiger charge is 2.53. The lowest BCUT2D eigenvalue weighted by Crippen LogP contribution is -2.12. The minimum absolute atomic E-state index is 0.0284. The molecule has 0 aliphatic rings. The first-order valence-electron chi connectivity index (χ1n) is 7.53. The molecule has 0 atom stereocenters. The van der Waals surface area contributed by atoms with Crippen LogP contribution in [0.15, 0.2) is 53.0 Å². The number of fused-ring (bicyclic) bond motifs is 1. The summed E-state index contributed by atoms with van der Waals surface area (Å²) in [6, 6.07) is 14.6. The summed E-state index contributed by atoms with van der Waals surface area (Å²) in [5.74, 6) is 0.498. The van der Waals surface area contributed by atoms with E-state index in [9.17, 15) is 13.3 Å². The van der Waals surface area contributed by atoms with Gasteiger partial charge in [0.05, 0.1) is 6.61 Å². The van der Waals surface area contributed by atoms with Gasteiger partial charge in [-0.3, -0.25) is 4.57 Å². The second kappa shape index (κ2) is 7.37. The summed E-state index contributed by atoms with van der Waals surface area (Å²) in [6.45, 7) is 0.419. The Hall–Kier alpha value is -1.31. The Morgan fingerprint density at radius 3 is 2.50 bits per heavy atom. The number of benzene rings is 2. The summed E-state index contributed by atoms with van der Waals surface area (Å²) in [4.78, 5) is 17.2. The fourth-order valence-corrected chi connectivity index (χ4v) is 5.32. The molecule has 138 valence electrons. The number of hydrogen-bond donors (Lipinski definition) is 2. The van der Waals surface area contributed by atoms with Crippen molar-refractivity contribution in [1.82, 2.24) is 0 Å². The van der Waals surface area contributed by atoms with Gasteiger partial charge in [-0.25, -0.2) is 0 Å². The second-order valence-electron chi connectivity index (χ2n) is 5.57. The van der Waals surface area contributed by atoms with Gasteiger partial charge in [-0.15, -0.1) is 11.3 Å². The molecule has 1 aromatic heterocycles. The standard InChI is InChI=1S/C17H14BrF2O4PS/c18-15-13-10-12(24-9-8-11-4-2-1-3-5-11)6-7-14(13)26-16(15)17(19,20)25(21,22)23/h1-7,10H,8-9H2,(H2,21,22,23). The fraction of sp³-hybridized carbons (Fsp3) is 0.176. The van der Waals surface area contributed by atoms with Gasteiger partial charge in [-0.2, -0.15) is 8.78 Å². The molecule has 3 aromatic rings. The zero-order valence-electron chi connectivity index (χ0n) is 13.2. The molecule has 0 fully saturated rings. The Morgan fingerprint density at radius 2 is 1.85 bits per heavy atom. The Balaban J connectivity index is 1.83. The third-order valence-corrected chi connectivity index (χ3v) is 7.17. The Labute approximate surface area is 160 Å². The predicted molar refractivity (Wildman–Crippen MR) is 101 cm³/mol. The summed E-state index contributed by atoms with van der Waals surface area (Å²) in [7, 11) is -5.62. The highest BCUT2D eigenvalue weighted by Crippen LogP contribution is 2.63. The number of halogens is 3. The fourth-order valence-electron chi connectivity index (χ4n) is 2.39. The van der Waals surface area contributed by atoms with E-state index in [4.69, 9.17) is 14.5 Å². The molecule has 2 aromatic carbocycles. The zero-order valence-corrected chi connectivity index (χ0v) is 16.5. The second-order valence-corrected chi connectivity index (χ2v) is 9.07. The van der Waals surface area contributed by atoms with Crippen LogP contribution in [0.25, 0.3) is 10.1 Å². The Bertz CT molecular complexity index is 972. The molecule has 26 heavy (non-hydrogen) atoms. The van der Waals surface area contributed by atoms with Crippen LogP contribution in [-0.2, 0) is 16.6 Å². The first kappa shape index (κ1) is 19.5. The molecule has 0 bridgehead atoms. The molecular weight excluding hydrogens is 449 g/mol. The molecule has 0 amide bonds. The molecular formula is C17H14BrF2O4PS. The molecule has 1 heterocycles. The van der Waals surface area contributed by atoms with Crippen molar-refractivity contribution in [2.24, 2.45) is 0 Å². The molecule has 2 N–H and O–H groups in total. The maximum absolute atomic E-state index is 14.0. The summed E-state index contributed by atoms with van der Waals surface area (Å²) >= 11 is 3.69. The lowest BCUT2D eigenvalue weighted by atomic mass is 10.2. The van der Waals surface area contributed by atoms with Gasteiger partial charge in [0, 0.05) is 21.0 Å². The highest BCUT2D eigenvalue weighted by molar-refractivity contribution is 9.10. The summed E-state index contributed by atoms with van der Waals surface area (Å²) in [6.07, 6.45) is 0.700. The topological polar surface area (TPSA) is 66.8 Å². The number of rotatable bonds is 6. The largest absolute Gasteiger partial charge is 0.493 e. The summed E-state index contributed by atoms with van der Waals surface area (Å²) in [5.41, 5.74) is -3.13. The smallest absolute Gasteiger partial charge is 0.400 e. The van der Waals surface area contributed by atoms with Crippen molar-refractivity contribution in [3.8, 4) is 5.75 Å². The number of hydrogen-bond acceptors (Lipinski definition) is 3. The van der Waals surface area contributed by atoms with Crippen molar-refractivity contribution in [3.05, 3.63) is 63.4 Å². The monoisotopic (exact) mass is 462 g/mol. The van der Waals surface area contributed by atoms with Gasteiger partial charge < -0.3 is 14.5 Å². The van der Waals surface area contributed by atoms with Gasteiger partial charge in [0.2, 0.25) is 0 Å². The molecule has 0 aliphatic carbocycles. The van der Waals surface area contributed by atoms with Gasteiger partial charge in [0.25, 0.3) is 0 Å². The van der Waals surface area contributed by atoms with E-state index in [0.29, 0.717) is 40.2 Å². The average molecular weight is 463 g/mol. The van der Waals surface area contributed by atoms with Crippen molar-refractivity contribution in [2.75, 3.05) is 6.61 Å². The number of thiophene rings is 1. The molecule has 0 unspecified atom stereocenters. The summed E-state index contributed by atoms with van der Waals surface area (Å²) in [5, 5.41) is 0.426. The van der Waals surface area contributed by atoms with E-state index in [2.05, 4.69) is 15.9 Å². The third-order valence-electron chi connectivity index (χ3n) is 3.74. The van der Waals surface area contributed by atoms with Crippen LogP contribution in [0.4, 0.5) is 8.78 Å². The van der Waals surface area contributed by atoms with E-state index >= 15 is 0 Å². The third kappa shape index (κ3) is 3.85. The first-order valence-corrected chi connectivity index (χ1v) is 10.7. The Morgan fingerprint density at radius 1 is 1.15 bits per heavy atom. The van der Waals surface area contributed by atoms with Crippen LogP contribution in [-0.4, -0.2) is 16.4 Å². The lowest BCUT2D eigenvalue weighted by Gasteiger charge is -2.16. The Kier molecular flexibility index (Phi) is 5.51. The van der Waals surface area contributed by atoms with Gasteiger partial charge in [-0.05, 0) is 39.7 Å². The summed E-state index contributed by atoms with van der Waals surface area (Å²) < 4.78 is 45.3. The van der Waals surface area contributed by atoms with E-state index < -0.39 is 18.1 Å². The SMILES string of the molecule is O=P(O)(O)C(F)(F)c1sc2ccc(OCCc3ccccc3)cc2c1Br. The van der Waals surface area contributed by atoms with Crippen LogP contribution in [0.5, 0.6) is 5.75 Å². The van der Waals surface area contributed by atoms with Crippen LogP contribution in [0.3, 0.4) is 0 Å². The van der Waals surface area contributed by atoms with Crippen molar-refractivity contribution in [3.63, 3.8) is 0 Å². The molecule has 0 radical (unpaired) electrons. The van der Waals surface area contributed by atoms with E-state index in [1.807, 2.05) is 30.3 Å². The molecule has 0 saturated carbocycles. The highest BCUT2D eigenvalue weighted by atomic mass is 79.9. The van der Waals surface area contributed by atoms with E-state index in [1.54, 1.807) is 18.2 Å². The molecule has 9 heteroatoms. The van der Waals surface area contributed by atoms with Crippen molar-refractivity contribution >= 4 is 44.9 Å². The maximum atomic E-state index is 14.0. The predicted octanol–water partition coefficient (Wildman–Crippen LogP) is 5.51. The molecule has 3 rings (SSSR count).